The Morgan fingerprint density at radius 1 is 1.24 bits per heavy atom. The Morgan fingerprint density at radius 3 is 2.79 bits per heavy atom. The van der Waals surface area contributed by atoms with Crippen molar-refractivity contribution in [2.24, 2.45) is 0 Å². The summed E-state index contributed by atoms with van der Waals surface area (Å²) in [4.78, 5) is 57.2. The van der Waals surface area contributed by atoms with Crippen molar-refractivity contribution >= 4 is 33.2 Å². The lowest BCUT2D eigenvalue weighted by Gasteiger charge is -2.07. The molecule has 0 saturated carbocycles. The van der Waals surface area contributed by atoms with Gasteiger partial charge >= 0.3 is 11.7 Å². The number of benzene rings is 1. The molecule has 0 unspecified atom stereocenters. The summed E-state index contributed by atoms with van der Waals surface area (Å²) in [5.41, 5.74) is -0.446. The van der Waals surface area contributed by atoms with Crippen molar-refractivity contribution in [2.75, 3.05) is 0 Å². The first-order chi connectivity index (χ1) is 13.9. The van der Waals surface area contributed by atoms with Gasteiger partial charge in [-0.3, -0.25) is 18.6 Å². The number of nitrogens with zero attached hydrogens (tertiary/aromatic N) is 3. The molecule has 3 aromatic heterocycles. The van der Waals surface area contributed by atoms with Crippen LogP contribution in [0, 0.1) is 6.92 Å². The second-order valence-electron chi connectivity index (χ2n) is 6.40. The average molecular weight is 412 g/mol. The van der Waals surface area contributed by atoms with Gasteiger partial charge in [-0.2, -0.15) is 0 Å². The first-order valence-electron chi connectivity index (χ1n) is 8.80. The van der Waals surface area contributed by atoms with Crippen molar-refractivity contribution in [3.05, 3.63) is 77.8 Å². The highest BCUT2D eigenvalue weighted by Crippen LogP contribution is 2.14. The molecule has 0 radical (unpaired) electrons. The standard InChI is InChI=1S/C19H16N4O5S/c1-3-22-16(25)13-5-4-11(6-14(13)21-18(22)27)17(26)28-9-12-7-15(24)23-8-10(2)29-19(23)20-12/h4-8H,3,9H2,1-2H3,(H,21,27). The zero-order valence-corrected chi connectivity index (χ0v) is 16.4. The van der Waals surface area contributed by atoms with E-state index in [0.717, 1.165) is 9.44 Å². The number of hydrogen-bond donors (Lipinski definition) is 1. The van der Waals surface area contributed by atoms with E-state index in [-0.39, 0.29) is 29.8 Å². The number of carbonyl (C=O) groups excluding carboxylic acids is 1. The maximum atomic E-state index is 12.4. The Morgan fingerprint density at radius 2 is 2.03 bits per heavy atom. The highest BCUT2D eigenvalue weighted by Gasteiger charge is 2.13. The minimum atomic E-state index is -0.656. The Labute approximate surface area is 166 Å². The zero-order chi connectivity index (χ0) is 20.7. The maximum Gasteiger partial charge on any atom is 0.338 e. The molecule has 29 heavy (non-hydrogen) atoms. The van der Waals surface area contributed by atoms with E-state index >= 15 is 0 Å². The fourth-order valence-corrected chi connectivity index (χ4v) is 3.87. The SMILES string of the molecule is CCn1c(=O)[nH]c2cc(C(=O)OCc3cc(=O)n4cc(C)sc4n3)ccc2c1=O. The summed E-state index contributed by atoms with van der Waals surface area (Å²) in [6, 6.07) is 5.64. The fraction of sp³-hybridized carbons (Fsp3) is 0.211. The zero-order valence-electron chi connectivity index (χ0n) is 15.6. The molecule has 0 aliphatic heterocycles. The van der Waals surface area contributed by atoms with Crippen molar-refractivity contribution in [3.8, 4) is 0 Å². The summed E-state index contributed by atoms with van der Waals surface area (Å²) in [7, 11) is 0. The molecule has 0 spiro atoms. The van der Waals surface area contributed by atoms with Crippen LogP contribution in [0.5, 0.6) is 0 Å². The monoisotopic (exact) mass is 412 g/mol. The summed E-state index contributed by atoms with van der Waals surface area (Å²) in [5, 5.41) is 0.302. The lowest BCUT2D eigenvalue weighted by molar-refractivity contribution is 0.0468. The Balaban J connectivity index is 1.60. The van der Waals surface area contributed by atoms with Crippen LogP contribution in [0.4, 0.5) is 0 Å². The van der Waals surface area contributed by atoms with Gasteiger partial charge in [0.15, 0.2) is 4.96 Å². The maximum absolute atomic E-state index is 12.4. The number of H-pyrrole nitrogens is 1. The number of ether oxygens (including phenoxy) is 1. The highest BCUT2D eigenvalue weighted by atomic mass is 32.1. The van der Waals surface area contributed by atoms with Crippen molar-refractivity contribution in [1.82, 2.24) is 18.9 Å². The lowest BCUT2D eigenvalue weighted by Crippen LogP contribution is -2.34. The first kappa shape index (κ1) is 18.8. The molecule has 0 saturated heterocycles. The van der Waals surface area contributed by atoms with Gasteiger partial charge in [-0.1, -0.05) is 0 Å². The normalized spacial score (nSPS) is 11.2. The van der Waals surface area contributed by atoms with Crippen LogP contribution in [0.1, 0.15) is 27.9 Å². The van der Waals surface area contributed by atoms with Gasteiger partial charge in [-0.15, -0.1) is 11.3 Å². The Kier molecular flexibility index (Phi) is 4.63. The van der Waals surface area contributed by atoms with E-state index in [1.165, 1.54) is 40.0 Å². The molecular weight excluding hydrogens is 396 g/mol. The van der Waals surface area contributed by atoms with E-state index in [9.17, 15) is 19.2 Å². The topological polar surface area (TPSA) is 116 Å². The molecule has 4 rings (SSSR count). The second-order valence-corrected chi connectivity index (χ2v) is 7.61. The van der Waals surface area contributed by atoms with E-state index in [0.29, 0.717) is 16.0 Å². The lowest BCUT2D eigenvalue weighted by atomic mass is 10.1. The smallest absolute Gasteiger partial charge is 0.338 e. The van der Waals surface area contributed by atoms with Crippen LogP contribution >= 0.6 is 11.3 Å². The number of rotatable bonds is 4. The summed E-state index contributed by atoms with van der Waals surface area (Å²) in [6.07, 6.45) is 1.70. The van der Waals surface area contributed by atoms with Crippen molar-refractivity contribution in [1.29, 1.82) is 0 Å². The van der Waals surface area contributed by atoms with Gasteiger partial charge in [0.1, 0.15) is 6.61 Å². The van der Waals surface area contributed by atoms with Crippen molar-refractivity contribution in [3.63, 3.8) is 0 Å². The first-order valence-corrected chi connectivity index (χ1v) is 9.61. The summed E-state index contributed by atoms with van der Waals surface area (Å²) < 4.78 is 7.77. The van der Waals surface area contributed by atoms with Crippen LogP contribution in [-0.4, -0.2) is 24.9 Å². The number of carbonyl (C=O) groups is 1. The van der Waals surface area contributed by atoms with Gasteiger partial charge in [0.25, 0.3) is 11.1 Å². The molecule has 148 valence electrons. The van der Waals surface area contributed by atoms with Crippen LogP contribution < -0.4 is 16.8 Å². The number of fused-ring (bicyclic) bond motifs is 2. The average Bonchev–Trinajstić information content (AvgIpc) is 3.07. The van der Waals surface area contributed by atoms with Crippen molar-refractivity contribution in [2.45, 2.75) is 27.0 Å². The van der Waals surface area contributed by atoms with Crippen LogP contribution in [0.25, 0.3) is 15.9 Å². The van der Waals surface area contributed by atoms with Crippen LogP contribution in [0.15, 0.2) is 44.8 Å². The number of thiazole rings is 1. The largest absolute Gasteiger partial charge is 0.456 e. The quantitative estimate of drug-likeness (QED) is 0.507. The molecular formula is C19H16N4O5S. The molecule has 3 heterocycles. The third-order valence-corrected chi connectivity index (χ3v) is 5.32. The number of nitrogens with one attached hydrogen (secondary N) is 1. The fourth-order valence-electron chi connectivity index (χ4n) is 3.02. The molecule has 1 N–H and O–H groups in total. The predicted octanol–water partition coefficient (Wildman–Crippen LogP) is 1.44. The molecule has 4 aromatic rings. The Bertz CT molecular complexity index is 1440. The van der Waals surface area contributed by atoms with Gasteiger partial charge in [0, 0.05) is 23.7 Å². The van der Waals surface area contributed by atoms with Crippen LogP contribution in [0.3, 0.4) is 0 Å². The summed E-state index contributed by atoms with van der Waals surface area (Å²) in [6.45, 7) is 3.64. The molecule has 10 heteroatoms. The number of esters is 1. The van der Waals surface area contributed by atoms with Crippen LogP contribution in [0.2, 0.25) is 0 Å². The third-order valence-electron chi connectivity index (χ3n) is 4.42. The van der Waals surface area contributed by atoms with Gasteiger partial charge in [-0.05, 0) is 32.0 Å². The molecule has 0 aliphatic rings. The van der Waals surface area contributed by atoms with Gasteiger partial charge in [0.05, 0.1) is 22.2 Å². The molecule has 0 bridgehead atoms. The van der Waals surface area contributed by atoms with Gasteiger partial charge < -0.3 is 9.72 Å². The van der Waals surface area contributed by atoms with Gasteiger partial charge in [0.2, 0.25) is 0 Å². The number of hydrogen-bond acceptors (Lipinski definition) is 7. The van der Waals surface area contributed by atoms with E-state index < -0.39 is 17.2 Å². The summed E-state index contributed by atoms with van der Waals surface area (Å²) >= 11 is 1.36. The Hall–Kier alpha value is -3.53. The molecule has 9 nitrogen and oxygen atoms in total. The minimum Gasteiger partial charge on any atom is -0.456 e. The number of aromatic nitrogens is 4. The van der Waals surface area contributed by atoms with E-state index in [1.54, 1.807) is 13.1 Å². The van der Waals surface area contributed by atoms with E-state index in [2.05, 4.69) is 9.97 Å². The molecule has 0 aliphatic carbocycles. The van der Waals surface area contributed by atoms with Gasteiger partial charge in [-0.25, -0.2) is 14.6 Å². The van der Waals surface area contributed by atoms with E-state index in [1.807, 2.05) is 6.92 Å². The third kappa shape index (κ3) is 3.38. The molecule has 0 atom stereocenters. The highest BCUT2D eigenvalue weighted by molar-refractivity contribution is 7.16. The van der Waals surface area contributed by atoms with Crippen LogP contribution in [-0.2, 0) is 17.9 Å². The molecule has 0 amide bonds. The number of aryl methyl sites for hydroxylation is 1. The van der Waals surface area contributed by atoms with Crippen molar-refractivity contribution < 1.29 is 9.53 Å². The minimum absolute atomic E-state index is 0.173. The second kappa shape index (κ2) is 7.13. The summed E-state index contributed by atoms with van der Waals surface area (Å²) in [5.74, 6) is -0.656. The van der Waals surface area contributed by atoms with E-state index in [4.69, 9.17) is 4.74 Å². The molecule has 1 aromatic carbocycles. The molecule has 0 fully saturated rings. The number of aromatic amines is 1. The predicted molar refractivity (Wildman–Crippen MR) is 108 cm³/mol.